The van der Waals surface area contributed by atoms with E-state index in [0.29, 0.717) is 18.5 Å². The zero-order chi connectivity index (χ0) is 13.8. The van der Waals surface area contributed by atoms with Crippen molar-refractivity contribution in [3.63, 3.8) is 0 Å². The van der Waals surface area contributed by atoms with Crippen LogP contribution in [0.4, 0.5) is 0 Å². The van der Waals surface area contributed by atoms with Crippen LogP contribution in [-0.2, 0) is 6.54 Å². The van der Waals surface area contributed by atoms with Crippen LogP contribution in [0.25, 0.3) is 10.9 Å². The Morgan fingerprint density at radius 2 is 2.00 bits per heavy atom. The van der Waals surface area contributed by atoms with Crippen LogP contribution in [0, 0.1) is 0 Å². The Kier molecular flexibility index (Phi) is 5.90. The zero-order valence-corrected chi connectivity index (χ0v) is 14.5. The van der Waals surface area contributed by atoms with Crippen molar-refractivity contribution in [2.75, 3.05) is 0 Å². The first-order valence-electron chi connectivity index (χ1n) is 7.44. The van der Waals surface area contributed by atoms with Gasteiger partial charge < -0.3 is 16.0 Å². The van der Waals surface area contributed by atoms with Gasteiger partial charge in [0.25, 0.3) is 0 Å². The predicted molar refractivity (Wildman–Crippen MR) is 99.0 cm³/mol. The summed E-state index contributed by atoms with van der Waals surface area (Å²) in [6, 6.07) is 10.9. The molecule has 2 aromatic rings. The molecule has 114 valence electrons. The summed E-state index contributed by atoms with van der Waals surface area (Å²) in [6.07, 6.45) is 6.37. The molecule has 0 aliphatic heterocycles. The first-order chi connectivity index (χ1) is 9.81. The van der Waals surface area contributed by atoms with Crippen molar-refractivity contribution in [1.82, 2.24) is 10.3 Å². The van der Waals surface area contributed by atoms with Gasteiger partial charge in [-0.05, 0) is 30.4 Å². The summed E-state index contributed by atoms with van der Waals surface area (Å²) in [5.74, 6) is 0.565. The van der Waals surface area contributed by atoms with Crippen molar-refractivity contribution in [3.05, 3.63) is 36.0 Å². The molecule has 0 atom stereocenters. The summed E-state index contributed by atoms with van der Waals surface area (Å²) in [7, 11) is 0. The number of hydrogen-bond acceptors (Lipinski definition) is 1. The number of halogens is 1. The number of nitrogens with one attached hydrogen (secondary N) is 2. The number of nitrogens with zero attached hydrogens (tertiary/aromatic N) is 1. The van der Waals surface area contributed by atoms with Gasteiger partial charge in [-0.2, -0.15) is 0 Å². The van der Waals surface area contributed by atoms with E-state index in [-0.39, 0.29) is 24.0 Å². The van der Waals surface area contributed by atoms with E-state index in [1.54, 1.807) is 0 Å². The zero-order valence-electron chi connectivity index (χ0n) is 12.1. The third-order valence-corrected chi connectivity index (χ3v) is 3.96. The smallest absolute Gasteiger partial charge is 0.189 e. The molecule has 1 aromatic carbocycles. The maximum Gasteiger partial charge on any atom is 0.189 e. The van der Waals surface area contributed by atoms with Crippen molar-refractivity contribution < 1.29 is 0 Å². The average Bonchev–Trinajstić information content (AvgIpc) is 2.89. The quantitative estimate of drug-likeness (QED) is 0.421. The van der Waals surface area contributed by atoms with Crippen molar-refractivity contribution in [2.45, 2.75) is 44.7 Å². The number of nitrogens with two attached hydrogens (primary N) is 1. The Morgan fingerprint density at radius 3 is 2.76 bits per heavy atom. The number of rotatable bonds is 3. The lowest BCUT2D eigenvalue weighted by Crippen LogP contribution is -2.41. The summed E-state index contributed by atoms with van der Waals surface area (Å²) < 4.78 is 0. The molecule has 1 fully saturated rings. The molecule has 1 saturated carbocycles. The molecule has 3 rings (SSSR count). The van der Waals surface area contributed by atoms with Gasteiger partial charge in [-0.1, -0.05) is 37.5 Å². The molecule has 0 amide bonds. The molecule has 0 radical (unpaired) electrons. The molecule has 4 N–H and O–H groups in total. The molecule has 1 aromatic heterocycles. The van der Waals surface area contributed by atoms with E-state index in [2.05, 4.69) is 33.5 Å². The Hall–Kier alpha value is -1.24. The minimum atomic E-state index is 0. The minimum absolute atomic E-state index is 0. The fourth-order valence-corrected chi connectivity index (χ4v) is 2.89. The molecule has 5 heteroatoms. The largest absolute Gasteiger partial charge is 0.370 e. The number of aromatic amines is 1. The standard InChI is InChI=1S/C16H22N4.HI/c17-16(20-13-7-2-1-3-8-13)18-11-14-10-12-6-4-5-9-15(12)19-14;/h4-6,9-10,13,19H,1-3,7-8,11H2,(H3,17,18,20);1H. The summed E-state index contributed by atoms with van der Waals surface area (Å²) in [4.78, 5) is 7.80. The molecule has 1 heterocycles. The molecule has 1 aliphatic carbocycles. The van der Waals surface area contributed by atoms with Gasteiger partial charge >= 0.3 is 0 Å². The van der Waals surface area contributed by atoms with E-state index in [4.69, 9.17) is 5.73 Å². The molecular weight excluding hydrogens is 375 g/mol. The van der Waals surface area contributed by atoms with E-state index in [9.17, 15) is 0 Å². The topological polar surface area (TPSA) is 66.2 Å². The number of guanidine groups is 1. The van der Waals surface area contributed by atoms with Crippen LogP contribution >= 0.6 is 24.0 Å². The van der Waals surface area contributed by atoms with Gasteiger partial charge in [-0.15, -0.1) is 24.0 Å². The molecule has 4 nitrogen and oxygen atoms in total. The first kappa shape index (κ1) is 16.1. The van der Waals surface area contributed by atoms with E-state index < -0.39 is 0 Å². The second-order valence-electron chi connectivity index (χ2n) is 5.56. The highest BCUT2D eigenvalue weighted by molar-refractivity contribution is 14.0. The predicted octanol–water partition coefficient (Wildman–Crippen LogP) is 3.52. The van der Waals surface area contributed by atoms with Gasteiger partial charge in [0.2, 0.25) is 0 Å². The fourth-order valence-electron chi connectivity index (χ4n) is 2.89. The van der Waals surface area contributed by atoms with Gasteiger partial charge in [0.15, 0.2) is 5.96 Å². The highest BCUT2D eigenvalue weighted by Crippen LogP contribution is 2.17. The van der Waals surface area contributed by atoms with E-state index in [1.807, 2.05) is 12.1 Å². The average molecular weight is 398 g/mol. The van der Waals surface area contributed by atoms with Gasteiger partial charge in [-0.3, -0.25) is 0 Å². The number of hydrogen-bond donors (Lipinski definition) is 3. The van der Waals surface area contributed by atoms with Crippen LogP contribution in [-0.4, -0.2) is 17.0 Å². The molecule has 1 aliphatic rings. The Morgan fingerprint density at radius 1 is 1.24 bits per heavy atom. The number of aromatic nitrogens is 1. The van der Waals surface area contributed by atoms with E-state index in [1.165, 1.54) is 37.5 Å². The van der Waals surface area contributed by atoms with Crippen molar-refractivity contribution >= 4 is 40.8 Å². The summed E-state index contributed by atoms with van der Waals surface area (Å²) >= 11 is 0. The van der Waals surface area contributed by atoms with Crippen molar-refractivity contribution in [2.24, 2.45) is 10.7 Å². The number of aliphatic imine (C=N–C) groups is 1. The first-order valence-corrected chi connectivity index (χ1v) is 7.44. The number of benzene rings is 1. The lowest BCUT2D eigenvalue weighted by molar-refractivity contribution is 0.412. The third kappa shape index (κ3) is 4.36. The van der Waals surface area contributed by atoms with Crippen molar-refractivity contribution in [3.8, 4) is 0 Å². The van der Waals surface area contributed by atoms with Crippen molar-refractivity contribution in [1.29, 1.82) is 0 Å². The van der Waals surface area contributed by atoms with Crippen LogP contribution in [0.5, 0.6) is 0 Å². The number of H-pyrrole nitrogens is 1. The highest BCUT2D eigenvalue weighted by Gasteiger charge is 2.13. The molecule has 0 unspecified atom stereocenters. The number of para-hydroxylation sites is 1. The lowest BCUT2D eigenvalue weighted by atomic mass is 9.96. The van der Waals surface area contributed by atoms with Crippen LogP contribution in [0.1, 0.15) is 37.8 Å². The lowest BCUT2D eigenvalue weighted by Gasteiger charge is -2.23. The van der Waals surface area contributed by atoms with E-state index in [0.717, 1.165) is 11.2 Å². The Labute approximate surface area is 142 Å². The Bertz CT molecular complexity index is 566. The maximum absolute atomic E-state index is 5.97. The highest BCUT2D eigenvalue weighted by atomic mass is 127. The Balaban J connectivity index is 0.00000161. The SMILES string of the molecule is I.NC(=NCc1cc2ccccc2[nH]1)NC1CCCCC1. The van der Waals surface area contributed by atoms with Gasteiger partial charge in [0.05, 0.1) is 6.54 Å². The van der Waals surface area contributed by atoms with E-state index >= 15 is 0 Å². The second-order valence-corrected chi connectivity index (χ2v) is 5.56. The van der Waals surface area contributed by atoms with Gasteiger partial charge in [-0.25, -0.2) is 4.99 Å². The third-order valence-electron chi connectivity index (χ3n) is 3.96. The fraction of sp³-hybridized carbons (Fsp3) is 0.438. The maximum atomic E-state index is 5.97. The van der Waals surface area contributed by atoms with Crippen LogP contribution in [0.3, 0.4) is 0 Å². The summed E-state index contributed by atoms with van der Waals surface area (Å²) in [5, 5.41) is 4.56. The normalized spacial score (nSPS) is 16.7. The van der Waals surface area contributed by atoms with Gasteiger partial charge in [0.1, 0.15) is 0 Å². The van der Waals surface area contributed by atoms with Gasteiger partial charge in [0, 0.05) is 17.3 Å². The molecule has 0 bridgehead atoms. The summed E-state index contributed by atoms with van der Waals surface area (Å²) in [5.41, 5.74) is 8.22. The monoisotopic (exact) mass is 398 g/mol. The molecular formula is C16H23IN4. The molecule has 0 saturated heterocycles. The minimum Gasteiger partial charge on any atom is -0.370 e. The second kappa shape index (κ2) is 7.68. The van der Waals surface area contributed by atoms with Crippen LogP contribution in [0.2, 0.25) is 0 Å². The molecule has 21 heavy (non-hydrogen) atoms. The molecule has 0 spiro atoms. The van der Waals surface area contributed by atoms with Crippen LogP contribution in [0.15, 0.2) is 35.3 Å². The summed E-state index contributed by atoms with van der Waals surface area (Å²) in [6.45, 7) is 0.597. The van der Waals surface area contributed by atoms with Crippen LogP contribution < -0.4 is 11.1 Å². The number of fused-ring (bicyclic) bond motifs is 1.